The number of rotatable bonds is 4. The smallest absolute Gasteiger partial charge is 0.106 e. The van der Waals surface area contributed by atoms with Crippen LogP contribution in [0.5, 0.6) is 0 Å². The second-order valence-electron chi connectivity index (χ2n) is 3.22. The number of hydrogen-bond acceptors (Lipinski definition) is 2. The number of aromatic amines is 2. The Morgan fingerprint density at radius 3 is 3.00 bits per heavy atom. The maximum Gasteiger partial charge on any atom is 0.106 e. The summed E-state index contributed by atoms with van der Waals surface area (Å²) < 4.78 is 0. The van der Waals surface area contributed by atoms with E-state index in [-0.39, 0.29) is 0 Å². The van der Waals surface area contributed by atoms with Crippen LogP contribution in [-0.4, -0.2) is 21.5 Å². The van der Waals surface area contributed by atoms with E-state index in [4.69, 9.17) is 5.73 Å². The van der Waals surface area contributed by atoms with Crippen LogP contribution in [-0.2, 0) is 6.42 Å². The zero-order valence-electron chi connectivity index (χ0n) is 7.96. The molecule has 0 radical (unpaired) electrons. The van der Waals surface area contributed by atoms with Gasteiger partial charge < -0.3 is 15.7 Å². The molecule has 0 spiro atoms. The van der Waals surface area contributed by atoms with Crippen molar-refractivity contribution >= 4 is 0 Å². The van der Waals surface area contributed by atoms with Gasteiger partial charge in [-0.2, -0.15) is 0 Å². The largest absolute Gasteiger partial charge is 0.360 e. The van der Waals surface area contributed by atoms with Gasteiger partial charge in [-0.3, -0.25) is 0 Å². The van der Waals surface area contributed by atoms with E-state index in [2.05, 4.69) is 15.0 Å². The molecule has 4 N–H and O–H groups in total. The lowest BCUT2D eigenvalue weighted by Crippen LogP contribution is -2.01. The molecule has 4 heteroatoms. The van der Waals surface area contributed by atoms with Gasteiger partial charge in [-0.25, -0.2) is 4.98 Å². The molecule has 2 aromatic rings. The van der Waals surface area contributed by atoms with Gasteiger partial charge in [-0.05, 0) is 25.1 Å². The number of hydrogen-bond donors (Lipinski definition) is 3. The van der Waals surface area contributed by atoms with Crippen molar-refractivity contribution in [2.24, 2.45) is 5.73 Å². The third-order valence-electron chi connectivity index (χ3n) is 2.13. The first-order valence-corrected chi connectivity index (χ1v) is 4.78. The summed E-state index contributed by atoms with van der Waals surface area (Å²) in [6.45, 7) is 0.707. The van der Waals surface area contributed by atoms with Crippen LogP contribution in [0.15, 0.2) is 24.5 Å². The molecule has 0 saturated heterocycles. The normalized spacial score (nSPS) is 10.6. The third kappa shape index (κ3) is 1.85. The molecule has 0 fully saturated rings. The van der Waals surface area contributed by atoms with Gasteiger partial charge in [0.15, 0.2) is 0 Å². The molecule has 0 amide bonds. The summed E-state index contributed by atoms with van der Waals surface area (Å²) in [6, 6.07) is 3.98. The number of aryl methyl sites for hydroxylation is 1. The molecule has 2 rings (SSSR count). The van der Waals surface area contributed by atoms with E-state index in [9.17, 15) is 0 Å². The first-order chi connectivity index (χ1) is 6.90. The average molecular weight is 190 g/mol. The van der Waals surface area contributed by atoms with E-state index < -0.39 is 0 Å². The van der Waals surface area contributed by atoms with Crippen LogP contribution in [0, 0.1) is 0 Å². The van der Waals surface area contributed by atoms with Crippen molar-refractivity contribution in [1.29, 1.82) is 0 Å². The highest BCUT2D eigenvalue weighted by atomic mass is 14.9. The lowest BCUT2D eigenvalue weighted by Gasteiger charge is -1.93. The van der Waals surface area contributed by atoms with Crippen molar-refractivity contribution in [3.63, 3.8) is 0 Å². The molecule has 0 saturated carbocycles. The average Bonchev–Trinajstić information content (AvgIpc) is 2.85. The Morgan fingerprint density at radius 2 is 2.29 bits per heavy atom. The van der Waals surface area contributed by atoms with E-state index in [1.807, 2.05) is 24.5 Å². The molecule has 0 aliphatic carbocycles. The van der Waals surface area contributed by atoms with Crippen molar-refractivity contribution in [2.45, 2.75) is 12.8 Å². The second kappa shape index (κ2) is 4.11. The van der Waals surface area contributed by atoms with Crippen molar-refractivity contribution in [3.8, 4) is 11.4 Å². The van der Waals surface area contributed by atoms with E-state index in [0.717, 1.165) is 30.1 Å². The minimum absolute atomic E-state index is 0.707. The zero-order chi connectivity index (χ0) is 9.80. The Morgan fingerprint density at radius 1 is 1.36 bits per heavy atom. The second-order valence-corrected chi connectivity index (χ2v) is 3.22. The molecule has 0 unspecified atom stereocenters. The Labute approximate surface area is 82.6 Å². The molecule has 2 aromatic heterocycles. The van der Waals surface area contributed by atoms with E-state index >= 15 is 0 Å². The van der Waals surface area contributed by atoms with Crippen LogP contribution in [0.2, 0.25) is 0 Å². The molecule has 4 nitrogen and oxygen atoms in total. The van der Waals surface area contributed by atoms with Gasteiger partial charge in [0.1, 0.15) is 5.82 Å². The predicted molar refractivity (Wildman–Crippen MR) is 55.7 cm³/mol. The van der Waals surface area contributed by atoms with Gasteiger partial charge in [-0.1, -0.05) is 0 Å². The summed E-state index contributed by atoms with van der Waals surface area (Å²) in [7, 11) is 0. The Hall–Kier alpha value is -1.55. The first kappa shape index (κ1) is 9.02. The fraction of sp³-hybridized carbons (Fsp3) is 0.300. The highest BCUT2D eigenvalue weighted by Crippen LogP contribution is 2.14. The Balaban J connectivity index is 2.10. The number of aromatic nitrogens is 3. The van der Waals surface area contributed by atoms with Gasteiger partial charge in [0.2, 0.25) is 0 Å². The predicted octanol–water partition coefficient (Wildman–Crippen LogP) is 1.30. The van der Waals surface area contributed by atoms with E-state index in [1.54, 1.807) is 0 Å². The number of nitrogens with one attached hydrogen (secondary N) is 2. The topological polar surface area (TPSA) is 70.5 Å². The maximum absolute atomic E-state index is 5.43. The van der Waals surface area contributed by atoms with Gasteiger partial charge in [0.05, 0.1) is 17.6 Å². The van der Waals surface area contributed by atoms with Crippen molar-refractivity contribution in [3.05, 3.63) is 30.4 Å². The molecule has 0 atom stereocenters. The highest BCUT2D eigenvalue weighted by molar-refractivity contribution is 5.53. The molecule has 0 bridgehead atoms. The summed E-state index contributed by atoms with van der Waals surface area (Å²) in [6.07, 6.45) is 5.63. The Kier molecular flexibility index (Phi) is 2.65. The van der Waals surface area contributed by atoms with Crippen molar-refractivity contribution in [2.75, 3.05) is 6.54 Å². The van der Waals surface area contributed by atoms with Crippen LogP contribution in [0.25, 0.3) is 11.4 Å². The summed E-state index contributed by atoms with van der Waals surface area (Å²) in [5.41, 5.74) is 7.53. The molecule has 74 valence electrons. The minimum atomic E-state index is 0.707. The van der Waals surface area contributed by atoms with Crippen molar-refractivity contribution < 1.29 is 0 Å². The number of nitrogens with two attached hydrogens (primary N) is 1. The molecule has 0 aliphatic heterocycles. The molecule has 0 aliphatic rings. The van der Waals surface area contributed by atoms with Gasteiger partial charge in [0, 0.05) is 12.6 Å². The van der Waals surface area contributed by atoms with Gasteiger partial charge >= 0.3 is 0 Å². The van der Waals surface area contributed by atoms with E-state index in [0.29, 0.717) is 6.54 Å². The van der Waals surface area contributed by atoms with Crippen LogP contribution < -0.4 is 5.73 Å². The molecule has 14 heavy (non-hydrogen) atoms. The summed E-state index contributed by atoms with van der Waals surface area (Å²) in [4.78, 5) is 10.7. The lowest BCUT2D eigenvalue weighted by molar-refractivity contribution is 0.794. The lowest BCUT2D eigenvalue weighted by atomic mass is 10.3. The van der Waals surface area contributed by atoms with Crippen LogP contribution >= 0.6 is 0 Å². The van der Waals surface area contributed by atoms with Gasteiger partial charge in [0.25, 0.3) is 0 Å². The quantitative estimate of drug-likeness (QED) is 0.680. The van der Waals surface area contributed by atoms with Crippen LogP contribution in [0.3, 0.4) is 0 Å². The number of imidazole rings is 1. The fourth-order valence-corrected chi connectivity index (χ4v) is 1.39. The van der Waals surface area contributed by atoms with Crippen LogP contribution in [0.1, 0.15) is 12.2 Å². The zero-order valence-corrected chi connectivity index (χ0v) is 7.96. The van der Waals surface area contributed by atoms with E-state index in [1.165, 1.54) is 0 Å². The summed E-state index contributed by atoms with van der Waals surface area (Å²) in [5.74, 6) is 1.00. The van der Waals surface area contributed by atoms with Crippen molar-refractivity contribution in [1.82, 2.24) is 15.0 Å². The number of H-pyrrole nitrogens is 2. The Bertz CT molecular complexity index is 374. The summed E-state index contributed by atoms with van der Waals surface area (Å²) >= 11 is 0. The monoisotopic (exact) mass is 190 g/mol. The van der Waals surface area contributed by atoms with Crippen LogP contribution in [0.4, 0.5) is 0 Å². The van der Waals surface area contributed by atoms with Gasteiger partial charge in [-0.15, -0.1) is 0 Å². The standard InChI is InChI=1S/C10H14N4/c11-5-1-4-10-13-7-9(14-10)8-3-2-6-12-8/h2-3,6-7,12H,1,4-5,11H2,(H,13,14). The molecule has 0 aromatic carbocycles. The SMILES string of the molecule is NCCCc1ncc(-c2ccc[nH]2)[nH]1. The fourth-order valence-electron chi connectivity index (χ4n) is 1.39. The summed E-state index contributed by atoms with van der Waals surface area (Å²) in [5, 5.41) is 0. The highest BCUT2D eigenvalue weighted by Gasteiger charge is 2.02. The molecule has 2 heterocycles. The molecular weight excluding hydrogens is 176 g/mol. The number of nitrogens with zero attached hydrogens (tertiary/aromatic N) is 1. The maximum atomic E-state index is 5.43. The molecular formula is C10H14N4. The first-order valence-electron chi connectivity index (χ1n) is 4.78. The minimum Gasteiger partial charge on any atom is -0.360 e. The third-order valence-corrected chi connectivity index (χ3v) is 2.13.